The van der Waals surface area contributed by atoms with Crippen LogP contribution in [0.3, 0.4) is 0 Å². The monoisotopic (exact) mass is 530 g/mol. The second-order valence-electron chi connectivity index (χ2n) is 12.0. The van der Waals surface area contributed by atoms with Crippen molar-refractivity contribution in [1.29, 1.82) is 0 Å². The third-order valence-corrected chi connectivity index (χ3v) is 9.44. The Kier molecular flexibility index (Phi) is 11.1. The number of carbonyl (C=O) groups is 1. The van der Waals surface area contributed by atoms with Crippen molar-refractivity contribution >= 4 is 5.97 Å². The van der Waals surface area contributed by atoms with Gasteiger partial charge in [-0.3, -0.25) is 0 Å². The lowest BCUT2D eigenvalue weighted by atomic mass is 9.70. The van der Waals surface area contributed by atoms with Crippen LogP contribution in [-0.4, -0.2) is 18.7 Å². The Bertz CT molecular complexity index is 1040. The Morgan fingerprint density at radius 3 is 2.15 bits per heavy atom. The van der Waals surface area contributed by atoms with Crippen LogP contribution in [0.15, 0.2) is 55.1 Å². The molecule has 2 aromatic carbocycles. The van der Waals surface area contributed by atoms with E-state index in [1.165, 1.54) is 57.8 Å². The Balaban J connectivity index is 1.31. The topological polar surface area (TPSA) is 35.5 Å². The first-order chi connectivity index (χ1) is 19.0. The molecule has 2 fully saturated rings. The first-order valence-electron chi connectivity index (χ1n) is 15.7. The Morgan fingerprint density at radius 1 is 0.897 bits per heavy atom. The van der Waals surface area contributed by atoms with E-state index in [4.69, 9.17) is 9.47 Å². The van der Waals surface area contributed by atoms with Crippen molar-refractivity contribution in [2.24, 2.45) is 17.8 Å². The largest absolute Gasteiger partial charge is 0.493 e. The van der Waals surface area contributed by atoms with E-state index in [0.29, 0.717) is 5.56 Å². The smallest absolute Gasteiger partial charge is 0.338 e. The summed E-state index contributed by atoms with van der Waals surface area (Å²) in [4.78, 5) is 12.9. The molecule has 2 aliphatic carbocycles. The fourth-order valence-corrected chi connectivity index (χ4v) is 6.64. The first kappa shape index (κ1) is 29.4. The average Bonchev–Trinajstić information content (AvgIpc) is 2.99. The van der Waals surface area contributed by atoms with Crippen LogP contribution < -0.4 is 4.74 Å². The highest BCUT2D eigenvalue weighted by molar-refractivity contribution is 5.90. The first-order valence-corrected chi connectivity index (χ1v) is 15.7. The van der Waals surface area contributed by atoms with E-state index in [1.807, 2.05) is 30.3 Å². The molecule has 0 saturated heterocycles. The SMILES string of the molecule is C=CC(C)c1cc(-c2ccc(C(=O)OC3CCC(C4CCC(CC)CC4)CC3)cc2)ccc1OCCCCC. The van der Waals surface area contributed by atoms with Gasteiger partial charge in [-0.15, -0.1) is 6.58 Å². The van der Waals surface area contributed by atoms with Crippen molar-refractivity contribution in [3.05, 3.63) is 66.2 Å². The molecule has 0 amide bonds. The summed E-state index contributed by atoms with van der Waals surface area (Å²) in [5, 5.41) is 0. The maximum Gasteiger partial charge on any atom is 0.338 e. The van der Waals surface area contributed by atoms with Gasteiger partial charge in [0.05, 0.1) is 12.2 Å². The quantitative estimate of drug-likeness (QED) is 0.156. The molecule has 0 N–H and O–H groups in total. The lowest BCUT2D eigenvalue weighted by molar-refractivity contribution is 0.0110. The number of carbonyl (C=O) groups excluding carboxylic acids is 1. The zero-order chi connectivity index (χ0) is 27.6. The molecular formula is C36H50O3. The van der Waals surface area contributed by atoms with E-state index in [2.05, 4.69) is 45.5 Å². The van der Waals surface area contributed by atoms with Crippen LogP contribution in [0.5, 0.6) is 5.75 Å². The van der Waals surface area contributed by atoms with Gasteiger partial charge in [0.25, 0.3) is 0 Å². The van der Waals surface area contributed by atoms with Gasteiger partial charge in [-0.25, -0.2) is 4.79 Å². The number of allylic oxidation sites excluding steroid dienone is 1. The molecule has 0 heterocycles. The second-order valence-corrected chi connectivity index (χ2v) is 12.0. The highest BCUT2D eigenvalue weighted by atomic mass is 16.5. The van der Waals surface area contributed by atoms with E-state index >= 15 is 0 Å². The lowest BCUT2D eigenvalue weighted by Gasteiger charge is -2.37. The number of hydrogen-bond acceptors (Lipinski definition) is 3. The summed E-state index contributed by atoms with van der Waals surface area (Å²) in [5.74, 6) is 3.63. The van der Waals surface area contributed by atoms with Crippen LogP contribution in [0, 0.1) is 17.8 Å². The molecule has 1 unspecified atom stereocenters. The highest BCUT2D eigenvalue weighted by Gasteiger charge is 2.31. The van der Waals surface area contributed by atoms with Crippen molar-refractivity contribution in [1.82, 2.24) is 0 Å². The van der Waals surface area contributed by atoms with Crippen LogP contribution in [0.1, 0.15) is 120 Å². The molecule has 0 aliphatic heterocycles. The van der Waals surface area contributed by atoms with E-state index < -0.39 is 0 Å². The van der Waals surface area contributed by atoms with Crippen LogP contribution in [-0.2, 0) is 4.74 Å². The summed E-state index contributed by atoms with van der Waals surface area (Å²) in [6, 6.07) is 14.2. The molecule has 2 aliphatic rings. The molecule has 39 heavy (non-hydrogen) atoms. The van der Waals surface area contributed by atoms with Crippen molar-refractivity contribution in [2.45, 2.75) is 110 Å². The Hall–Kier alpha value is -2.55. The van der Waals surface area contributed by atoms with E-state index in [9.17, 15) is 4.79 Å². The number of rotatable bonds is 12. The number of unbranched alkanes of at least 4 members (excludes halogenated alkanes) is 2. The van der Waals surface area contributed by atoms with Crippen molar-refractivity contribution in [3.8, 4) is 16.9 Å². The predicted molar refractivity (Wildman–Crippen MR) is 162 cm³/mol. The van der Waals surface area contributed by atoms with Gasteiger partial charge < -0.3 is 9.47 Å². The van der Waals surface area contributed by atoms with Gasteiger partial charge in [-0.05, 0) is 98.1 Å². The number of esters is 1. The van der Waals surface area contributed by atoms with Gasteiger partial charge in [0.15, 0.2) is 0 Å². The van der Waals surface area contributed by atoms with Crippen molar-refractivity contribution in [2.75, 3.05) is 6.61 Å². The normalized spacial score (nSPS) is 24.1. The minimum Gasteiger partial charge on any atom is -0.493 e. The van der Waals surface area contributed by atoms with Crippen LogP contribution in [0.2, 0.25) is 0 Å². The molecule has 2 saturated carbocycles. The Labute approximate surface area is 237 Å². The van der Waals surface area contributed by atoms with Gasteiger partial charge >= 0.3 is 5.97 Å². The molecule has 0 aromatic heterocycles. The fourth-order valence-electron chi connectivity index (χ4n) is 6.64. The van der Waals surface area contributed by atoms with Crippen molar-refractivity contribution < 1.29 is 14.3 Å². The highest BCUT2D eigenvalue weighted by Crippen LogP contribution is 2.41. The third-order valence-electron chi connectivity index (χ3n) is 9.44. The zero-order valence-electron chi connectivity index (χ0n) is 24.6. The minimum absolute atomic E-state index is 0.0632. The molecule has 0 spiro atoms. The summed E-state index contributed by atoms with van der Waals surface area (Å²) >= 11 is 0. The molecule has 0 bridgehead atoms. The van der Waals surface area contributed by atoms with E-state index in [1.54, 1.807) is 0 Å². The van der Waals surface area contributed by atoms with Gasteiger partial charge in [0.2, 0.25) is 0 Å². The maximum absolute atomic E-state index is 12.9. The standard InChI is InChI=1S/C36H50O3/c1-5-8-9-24-38-35-23-20-32(25-34(35)26(4)6-2)30-14-16-31(17-15-30)36(37)39-33-21-18-29(19-22-33)28-12-10-27(7-3)11-13-28/h6,14-17,20,23,25-29,33H,2,5,7-13,18-19,21-22,24H2,1,3-4H3. The number of benzene rings is 2. The van der Waals surface area contributed by atoms with E-state index in [0.717, 1.165) is 66.1 Å². The minimum atomic E-state index is -0.190. The van der Waals surface area contributed by atoms with Gasteiger partial charge in [0.1, 0.15) is 11.9 Å². The zero-order valence-corrected chi connectivity index (χ0v) is 24.6. The van der Waals surface area contributed by atoms with Crippen molar-refractivity contribution in [3.63, 3.8) is 0 Å². The summed E-state index contributed by atoms with van der Waals surface area (Å²) in [6.07, 6.45) is 16.9. The molecular weight excluding hydrogens is 480 g/mol. The number of hydrogen-bond donors (Lipinski definition) is 0. The average molecular weight is 531 g/mol. The summed E-state index contributed by atoms with van der Waals surface area (Å²) in [7, 11) is 0. The summed E-state index contributed by atoms with van der Waals surface area (Å²) in [5.41, 5.74) is 3.98. The third kappa shape index (κ3) is 7.99. The molecule has 3 heteroatoms. The molecule has 1 atom stereocenters. The number of ether oxygens (including phenoxy) is 2. The predicted octanol–water partition coefficient (Wildman–Crippen LogP) is 10.1. The molecule has 3 nitrogen and oxygen atoms in total. The van der Waals surface area contributed by atoms with E-state index in [-0.39, 0.29) is 18.0 Å². The molecule has 0 radical (unpaired) electrons. The summed E-state index contributed by atoms with van der Waals surface area (Å²) < 4.78 is 12.1. The van der Waals surface area contributed by atoms with Gasteiger partial charge in [0, 0.05) is 11.5 Å². The van der Waals surface area contributed by atoms with Gasteiger partial charge in [-0.1, -0.05) is 77.2 Å². The maximum atomic E-state index is 12.9. The molecule has 212 valence electrons. The molecule has 2 aromatic rings. The Morgan fingerprint density at radius 2 is 1.54 bits per heavy atom. The summed E-state index contributed by atoms with van der Waals surface area (Å²) in [6.45, 7) is 11.4. The second kappa shape index (κ2) is 14.7. The lowest BCUT2D eigenvalue weighted by Crippen LogP contribution is -2.29. The van der Waals surface area contributed by atoms with Crippen LogP contribution in [0.4, 0.5) is 0 Å². The van der Waals surface area contributed by atoms with Gasteiger partial charge in [-0.2, -0.15) is 0 Å². The fraction of sp³-hybridized carbons (Fsp3) is 0.583. The van der Waals surface area contributed by atoms with Crippen LogP contribution >= 0.6 is 0 Å². The van der Waals surface area contributed by atoms with Crippen LogP contribution in [0.25, 0.3) is 11.1 Å². The molecule has 4 rings (SSSR count).